The molecule has 0 spiro atoms. The van der Waals surface area contributed by atoms with E-state index in [0.29, 0.717) is 24.5 Å². The summed E-state index contributed by atoms with van der Waals surface area (Å²) in [4.78, 5) is 26.0. The van der Waals surface area contributed by atoms with Gasteiger partial charge in [0.2, 0.25) is 11.8 Å². The smallest absolute Gasteiger partial charge is 0.242 e. The first-order chi connectivity index (χ1) is 10.5. The van der Waals surface area contributed by atoms with Gasteiger partial charge in [-0.3, -0.25) is 9.59 Å². The quantitative estimate of drug-likeness (QED) is 0.745. The molecule has 1 atom stereocenters. The maximum atomic E-state index is 12.2. The van der Waals surface area contributed by atoms with Crippen LogP contribution in [0.1, 0.15) is 45.6 Å². The van der Waals surface area contributed by atoms with Crippen molar-refractivity contribution >= 4 is 23.4 Å². The summed E-state index contributed by atoms with van der Waals surface area (Å²) in [5, 5.41) is 3.51. The molecule has 5 heteroatoms. The number of carbonyl (C=O) groups is 2. The Balaban J connectivity index is 2.79. The first kappa shape index (κ1) is 18.5. The lowest BCUT2D eigenvalue weighted by Gasteiger charge is -2.28. The number of hydrogen-bond donors (Lipinski definition) is 1. The van der Waals surface area contributed by atoms with E-state index in [0.717, 1.165) is 18.4 Å². The van der Waals surface area contributed by atoms with E-state index in [1.807, 2.05) is 18.2 Å². The third kappa shape index (κ3) is 5.68. The van der Waals surface area contributed by atoms with Crippen molar-refractivity contribution in [2.45, 2.75) is 52.6 Å². The van der Waals surface area contributed by atoms with Crippen LogP contribution < -0.4 is 5.32 Å². The molecule has 4 nitrogen and oxygen atoms in total. The van der Waals surface area contributed by atoms with Gasteiger partial charge in [-0.1, -0.05) is 44.0 Å². The number of unbranched alkanes of at least 4 members (excludes halogenated alkanes) is 1. The summed E-state index contributed by atoms with van der Waals surface area (Å²) < 4.78 is 0. The molecule has 0 aromatic heterocycles. The first-order valence-corrected chi connectivity index (χ1v) is 8.19. The Kier molecular flexibility index (Phi) is 7.96. The summed E-state index contributed by atoms with van der Waals surface area (Å²) in [6, 6.07) is 6.86. The zero-order valence-electron chi connectivity index (χ0n) is 13.6. The van der Waals surface area contributed by atoms with Gasteiger partial charge in [-0.25, -0.2) is 0 Å². The molecular weight excluding hydrogens is 300 g/mol. The molecule has 0 saturated carbocycles. The van der Waals surface area contributed by atoms with Crippen LogP contribution in [0.2, 0.25) is 5.02 Å². The van der Waals surface area contributed by atoms with Crippen molar-refractivity contribution in [3.8, 4) is 0 Å². The third-order valence-electron chi connectivity index (χ3n) is 3.54. The molecule has 0 aliphatic heterocycles. The van der Waals surface area contributed by atoms with Gasteiger partial charge < -0.3 is 10.2 Å². The molecular formula is C17H25ClN2O2. The molecule has 0 heterocycles. The minimum absolute atomic E-state index is 0.0434. The second kappa shape index (κ2) is 9.46. The van der Waals surface area contributed by atoms with Crippen LogP contribution in [0, 0.1) is 0 Å². The van der Waals surface area contributed by atoms with E-state index in [4.69, 9.17) is 11.6 Å². The number of benzene rings is 1. The van der Waals surface area contributed by atoms with E-state index in [-0.39, 0.29) is 11.8 Å². The van der Waals surface area contributed by atoms with E-state index < -0.39 is 6.04 Å². The van der Waals surface area contributed by atoms with Crippen molar-refractivity contribution in [2.24, 2.45) is 0 Å². The Hall–Kier alpha value is -1.55. The highest BCUT2D eigenvalue weighted by atomic mass is 35.5. The summed E-state index contributed by atoms with van der Waals surface area (Å²) in [7, 11) is 0. The minimum Gasteiger partial charge on any atom is -0.354 e. The van der Waals surface area contributed by atoms with Crippen molar-refractivity contribution in [1.82, 2.24) is 10.2 Å². The van der Waals surface area contributed by atoms with Crippen molar-refractivity contribution in [1.29, 1.82) is 0 Å². The Labute approximate surface area is 137 Å². The highest BCUT2D eigenvalue weighted by Crippen LogP contribution is 2.15. The molecule has 0 aliphatic carbocycles. The Morgan fingerprint density at radius 2 is 2.05 bits per heavy atom. The second-order valence-corrected chi connectivity index (χ2v) is 5.76. The lowest BCUT2D eigenvalue weighted by molar-refractivity contribution is -0.140. The fraction of sp³-hybridized carbons (Fsp3) is 0.529. The van der Waals surface area contributed by atoms with Gasteiger partial charge in [-0.15, -0.1) is 0 Å². The van der Waals surface area contributed by atoms with Gasteiger partial charge in [0, 0.05) is 24.5 Å². The summed E-state index contributed by atoms with van der Waals surface area (Å²) in [6.07, 6.45) is 2.33. The van der Waals surface area contributed by atoms with Crippen LogP contribution in [0.4, 0.5) is 0 Å². The topological polar surface area (TPSA) is 49.4 Å². The largest absolute Gasteiger partial charge is 0.354 e. The lowest BCUT2D eigenvalue weighted by atomic mass is 10.1. The second-order valence-electron chi connectivity index (χ2n) is 5.33. The maximum Gasteiger partial charge on any atom is 0.242 e. The van der Waals surface area contributed by atoms with Crippen molar-refractivity contribution in [3.63, 3.8) is 0 Å². The van der Waals surface area contributed by atoms with Crippen LogP contribution >= 0.6 is 11.6 Å². The number of nitrogens with one attached hydrogen (secondary N) is 1. The Morgan fingerprint density at radius 1 is 1.32 bits per heavy atom. The molecule has 0 fully saturated rings. The molecule has 1 rings (SSSR count). The number of halogens is 1. The standard InChI is InChI=1S/C17H25ClN2O2/c1-4-6-10-19-17(22)13(3)20(16(21)5-2)12-14-8-7-9-15(18)11-14/h7-9,11,13H,4-6,10,12H2,1-3H3,(H,19,22). The summed E-state index contributed by atoms with van der Waals surface area (Å²) in [5.74, 6) is -0.157. The van der Waals surface area contributed by atoms with Gasteiger partial charge in [-0.2, -0.15) is 0 Å². The third-order valence-corrected chi connectivity index (χ3v) is 3.78. The molecule has 1 unspecified atom stereocenters. The molecule has 2 amide bonds. The van der Waals surface area contributed by atoms with E-state index in [2.05, 4.69) is 12.2 Å². The van der Waals surface area contributed by atoms with Gasteiger partial charge in [-0.05, 0) is 31.0 Å². The summed E-state index contributed by atoms with van der Waals surface area (Å²) in [6.45, 7) is 6.66. The van der Waals surface area contributed by atoms with E-state index in [9.17, 15) is 9.59 Å². The molecule has 1 aromatic carbocycles. The Bertz CT molecular complexity index is 505. The van der Waals surface area contributed by atoms with Crippen LogP contribution in [-0.4, -0.2) is 29.3 Å². The van der Waals surface area contributed by atoms with Crippen LogP contribution in [0.25, 0.3) is 0 Å². The monoisotopic (exact) mass is 324 g/mol. The van der Waals surface area contributed by atoms with Gasteiger partial charge in [0.15, 0.2) is 0 Å². The van der Waals surface area contributed by atoms with E-state index >= 15 is 0 Å². The van der Waals surface area contributed by atoms with Crippen molar-refractivity contribution in [3.05, 3.63) is 34.9 Å². The average Bonchev–Trinajstić information content (AvgIpc) is 2.51. The van der Waals surface area contributed by atoms with Gasteiger partial charge in [0.1, 0.15) is 6.04 Å². The molecule has 0 aliphatic rings. The SMILES string of the molecule is CCCCNC(=O)C(C)N(Cc1cccc(Cl)c1)C(=O)CC. The zero-order chi connectivity index (χ0) is 16.5. The fourth-order valence-corrected chi connectivity index (χ4v) is 2.37. The number of amides is 2. The van der Waals surface area contributed by atoms with Crippen molar-refractivity contribution < 1.29 is 9.59 Å². The van der Waals surface area contributed by atoms with Crippen LogP contribution in [0.15, 0.2) is 24.3 Å². The lowest BCUT2D eigenvalue weighted by Crippen LogP contribution is -2.47. The highest BCUT2D eigenvalue weighted by Gasteiger charge is 2.24. The van der Waals surface area contributed by atoms with Gasteiger partial charge >= 0.3 is 0 Å². The minimum atomic E-state index is -0.497. The average molecular weight is 325 g/mol. The van der Waals surface area contributed by atoms with Gasteiger partial charge in [0.25, 0.3) is 0 Å². The summed E-state index contributed by atoms with van der Waals surface area (Å²) >= 11 is 5.99. The van der Waals surface area contributed by atoms with Gasteiger partial charge in [0.05, 0.1) is 0 Å². The predicted molar refractivity (Wildman–Crippen MR) is 89.7 cm³/mol. The molecule has 1 N–H and O–H groups in total. The molecule has 1 aromatic rings. The fourth-order valence-electron chi connectivity index (χ4n) is 2.15. The molecule has 0 radical (unpaired) electrons. The molecule has 22 heavy (non-hydrogen) atoms. The number of nitrogens with zero attached hydrogens (tertiary/aromatic N) is 1. The summed E-state index contributed by atoms with van der Waals surface area (Å²) in [5.41, 5.74) is 0.919. The number of carbonyl (C=O) groups excluding carboxylic acids is 2. The molecule has 0 saturated heterocycles. The van der Waals surface area contributed by atoms with Crippen molar-refractivity contribution in [2.75, 3.05) is 6.54 Å². The molecule has 0 bridgehead atoms. The highest BCUT2D eigenvalue weighted by molar-refractivity contribution is 6.30. The number of hydrogen-bond acceptors (Lipinski definition) is 2. The Morgan fingerprint density at radius 3 is 2.64 bits per heavy atom. The molecule has 122 valence electrons. The zero-order valence-corrected chi connectivity index (χ0v) is 14.3. The predicted octanol–water partition coefficient (Wildman–Crippen LogP) is 3.38. The van der Waals surface area contributed by atoms with Crippen LogP contribution in [0.3, 0.4) is 0 Å². The first-order valence-electron chi connectivity index (χ1n) is 7.81. The van der Waals surface area contributed by atoms with Crippen LogP contribution in [0.5, 0.6) is 0 Å². The van der Waals surface area contributed by atoms with E-state index in [1.165, 1.54) is 0 Å². The maximum absolute atomic E-state index is 12.2. The van der Waals surface area contributed by atoms with E-state index in [1.54, 1.807) is 24.8 Å². The normalized spacial score (nSPS) is 11.8. The van der Waals surface area contributed by atoms with Crippen LogP contribution in [-0.2, 0) is 16.1 Å². The number of rotatable bonds is 8.